The van der Waals surface area contributed by atoms with Crippen LogP contribution in [0.25, 0.3) is 0 Å². The third-order valence-corrected chi connectivity index (χ3v) is 5.90. The van der Waals surface area contributed by atoms with Crippen molar-refractivity contribution in [2.75, 3.05) is 7.11 Å². The van der Waals surface area contributed by atoms with E-state index < -0.39 is 6.23 Å². The summed E-state index contributed by atoms with van der Waals surface area (Å²) in [6.45, 7) is 0. The lowest BCUT2D eigenvalue weighted by atomic mass is 9.95. The molecule has 0 spiro atoms. The van der Waals surface area contributed by atoms with E-state index in [0.29, 0.717) is 22.0 Å². The van der Waals surface area contributed by atoms with Crippen LogP contribution in [0.2, 0.25) is 10.0 Å². The number of rotatable bonds is 3. The van der Waals surface area contributed by atoms with Gasteiger partial charge in [0.1, 0.15) is 17.2 Å². The maximum atomic E-state index is 10.5. The van der Waals surface area contributed by atoms with Crippen LogP contribution in [-0.4, -0.2) is 22.9 Å². The van der Waals surface area contributed by atoms with Gasteiger partial charge in [-0.05, 0) is 66.2 Å². The molecule has 0 amide bonds. The molecule has 2 aliphatic rings. The fourth-order valence-electron chi connectivity index (χ4n) is 3.94. The quantitative estimate of drug-likeness (QED) is 0.546. The first-order valence-corrected chi connectivity index (χ1v) is 10.2. The monoisotopic (exact) mass is 440 g/mol. The van der Waals surface area contributed by atoms with Gasteiger partial charge in [0.25, 0.3) is 0 Å². The van der Waals surface area contributed by atoms with Gasteiger partial charge in [-0.2, -0.15) is 5.10 Å². The number of halogens is 2. The Morgan fingerprint density at radius 1 is 1.00 bits per heavy atom. The van der Waals surface area contributed by atoms with Crippen molar-refractivity contribution >= 4 is 28.9 Å². The number of ether oxygens (including phenoxy) is 2. The van der Waals surface area contributed by atoms with Crippen molar-refractivity contribution in [3.8, 4) is 17.2 Å². The summed E-state index contributed by atoms with van der Waals surface area (Å²) < 4.78 is 11.5. The smallest absolute Gasteiger partial charge is 0.217 e. The van der Waals surface area contributed by atoms with E-state index in [1.165, 1.54) is 0 Å². The maximum absolute atomic E-state index is 10.5. The SMILES string of the molecule is COc1ccc(C2=NN3[C@@H](c4cc(Cl)ccc4O)Oc4ccc(Cl)cc4[C@@H]3C2)cc1. The third kappa shape index (κ3) is 3.24. The van der Waals surface area contributed by atoms with Crippen LogP contribution < -0.4 is 9.47 Å². The number of benzene rings is 3. The van der Waals surface area contributed by atoms with Crippen molar-refractivity contribution in [2.45, 2.75) is 18.7 Å². The topological polar surface area (TPSA) is 54.3 Å². The lowest BCUT2D eigenvalue weighted by Gasteiger charge is -2.38. The summed E-state index contributed by atoms with van der Waals surface area (Å²) in [5.74, 6) is 1.61. The van der Waals surface area contributed by atoms with Gasteiger partial charge in [-0.3, -0.25) is 0 Å². The average Bonchev–Trinajstić information content (AvgIpc) is 3.21. The molecule has 0 radical (unpaired) electrons. The largest absolute Gasteiger partial charge is 0.507 e. The number of hydrogen-bond donors (Lipinski definition) is 1. The molecular formula is C23H18Cl2N2O3. The Balaban J connectivity index is 1.61. The minimum atomic E-state index is -0.613. The van der Waals surface area contributed by atoms with Crippen LogP contribution in [0.15, 0.2) is 65.8 Å². The molecule has 0 saturated heterocycles. The number of hydrogen-bond acceptors (Lipinski definition) is 5. The van der Waals surface area contributed by atoms with Gasteiger partial charge in [-0.15, -0.1) is 0 Å². The number of nitrogens with zero attached hydrogens (tertiary/aromatic N) is 2. The second kappa shape index (κ2) is 7.42. The number of hydrazone groups is 1. The standard InChI is InChI=1S/C23H18Cl2N2O3/c1-29-16-6-2-13(3-7-16)19-12-20-17-10-15(25)5-9-22(17)30-23(27(20)26-19)18-11-14(24)4-8-21(18)28/h2-11,20,23,28H,12H2,1H3/t20-,23+/m0/s1. The second-order valence-corrected chi connectivity index (χ2v) is 8.10. The first-order valence-electron chi connectivity index (χ1n) is 9.48. The molecule has 3 aromatic carbocycles. The van der Waals surface area contributed by atoms with E-state index in [4.69, 9.17) is 37.8 Å². The number of fused-ring (bicyclic) bond motifs is 3. The van der Waals surface area contributed by atoms with Crippen molar-refractivity contribution in [2.24, 2.45) is 5.10 Å². The molecule has 7 heteroatoms. The Morgan fingerprint density at radius 3 is 2.43 bits per heavy atom. The van der Waals surface area contributed by atoms with Crippen LogP contribution in [-0.2, 0) is 0 Å². The molecule has 3 aromatic rings. The normalized spacial score (nSPS) is 19.6. The van der Waals surface area contributed by atoms with Crippen molar-refractivity contribution in [3.05, 3.63) is 87.4 Å². The predicted molar refractivity (Wildman–Crippen MR) is 117 cm³/mol. The molecule has 5 nitrogen and oxygen atoms in total. The first-order chi connectivity index (χ1) is 14.5. The van der Waals surface area contributed by atoms with E-state index in [1.54, 1.807) is 31.4 Å². The van der Waals surface area contributed by atoms with Crippen LogP contribution in [0.5, 0.6) is 17.2 Å². The minimum Gasteiger partial charge on any atom is -0.507 e. The molecule has 0 bridgehead atoms. The summed E-state index contributed by atoms with van der Waals surface area (Å²) in [6.07, 6.45) is 0.0686. The lowest BCUT2D eigenvalue weighted by molar-refractivity contribution is -0.0203. The summed E-state index contributed by atoms with van der Waals surface area (Å²) >= 11 is 12.5. The number of phenols is 1. The van der Waals surface area contributed by atoms with Crippen LogP contribution >= 0.6 is 23.2 Å². The number of methoxy groups -OCH3 is 1. The van der Waals surface area contributed by atoms with Gasteiger partial charge >= 0.3 is 0 Å². The zero-order valence-corrected chi connectivity index (χ0v) is 17.6. The van der Waals surface area contributed by atoms with E-state index in [9.17, 15) is 5.11 Å². The molecule has 152 valence electrons. The zero-order valence-electron chi connectivity index (χ0n) is 16.0. The Kier molecular flexibility index (Phi) is 4.72. The molecule has 0 aromatic heterocycles. The first kappa shape index (κ1) is 19.1. The van der Waals surface area contributed by atoms with Gasteiger partial charge in [0, 0.05) is 22.0 Å². The summed E-state index contributed by atoms with van der Waals surface area (Å²) in [5.41, 5.74) is 3.45. The highest BCUT2D eigenvalue weighted by Gasteiger charge is 2.42. The molecule has 1 N–H and O–H groups in total. The molecule has 0 fully saturated rings. The fourth-order valence-corrected chi connectivity index (χ4v) is 4.31. The van der Waals surface area contributed by atoms with E-state index in [1.807, 2.05) is 41.4 Å². The summed E-state index contributed by atoms with van der Waals surface area (Å²) in [7, 11) is 1.64. The van der Waals surface area contributed by atoms with Gasteiger partial charge in [0.15, 0.2) is 0 Å². The molecular weight excluding hydrogens is 423 g/mol. The molecule has 2 heterocycles. The zero-order chi connectivity index (χ0) is 20.8. The van der Waals surface area contributed by atoms with Crippen molar-refractivity contribution < 1.29 is 14.6 Å². The van der Waals surface area contributed by atoms with Gasteiger partial charge < -0.3 is 14.6 Å². The second-order valence-electron chi connectivity index (χ2n) is 7.23. The summed E-state index contributed by atoms with van der Waals surface area (Å²) in [4.78, 5) is 0. The van der Waals surface area contributed by atoms with Crippen LogP contribution in [0.3, 0.4) is 0 Å². The van der Waals surface area contributed by atoms with Gasteiger partial charge in [0.2, 0.25) is 6.23 Å². The number of phenolic OH excluding ortho intramolecular Hbond substituents is 1. The van der Waals surface area contributed by atoms with E-state index in [2.05, 4.69) is 0 Å². The third-order valence-electron chi connectivity index (χ3n) is 5.43. The minimum absolute atomic E-state index is 0.0760. The molecule has 2 aliphatic heterocycles. The lowest BCUT2D eigenvalue weighted by Crippen LogP contribution is -2.33. The predicted octanol–water partition coefficient (Wildman–Crippen LogP) is 5.95. The fraction of sp³-hybridized carbons (Fsp3) is 0.174. The van der Waals surface area contributed by atoms with Crippen molar-refractivity contribution in [1.29, 1.82) is 0 Å². The van der Waals surface area contributed by atoms with Gasteiger partial charge in [0.05, 0.1) is 24.4 Å². The van der Waals surface area contributed by atoms with Crippen molar-refractivity contribution in [3.63, 3.8) is 0 Å². The summed E-state index contributed by atoms with van der Waals surface area (Å²) in [5, 5.41) is 18.4. The Hall–Kier alpha value is -2.89. The Bertz CT molecular complexity index is 1150. The molecule has 5 rings (SSSR count). The van der Waals surface area contributed by atoms with E-state index in [-0.39, 0.29) is 11.8 Å². The highest BCUT2D eigenvalue weighted by molar-refractivity contribution is 6.31. The average molecular weight is 441 g/mol. The van der Waals surface area contributed by atoms with Crippen molar-refractivity contribution in [1.82, 2.24) is 5.01 Å². The van der Waals surface area contributed by atoms with Crippen LogP contribution in [0, 0.1) is 0 Å². The van der Waals surface area contributed by atoms with Gasteiger partial charge in [-0.1, -0.05) is 23.2 Å². The summed E-state index contributed by atoms with van der Waals surface area (Å²) in [6, 6.07) is 18.2. The molecule has 0 saturated carbocycles. The highest BCUT2D eigenvalue weighted by atomic mass is 35.5. The number of aromatic hydroxyl groups is 1. The van der Waals surface area contributed by atoms with E-state index in [0.717, 1.165) is 28.3 Å². The van der Waals surface area contributed by atoms with Gasteiger partial charge in [-0.25, -0.2) is 5.01 Å². The maximum Gasteiger partial charge on any atom is 0.217 e. The molecule has 30 heavy (non-hydrogen) atoms. The molecule has 2 atom stereocenters. The van der Waals surface area contributed by atoms with Crippen LogP contribution in [0.1, 0.15) is 35.4 Å². The van der Waals surface area contributed by atoms with E-state index >= 15 is 0 Å². The van der Waals surface area contributed by atoms with Crippen LogP contribution in [0.4, 0.5) is 0 Å². The molecule has 0 unspecified atom stereocenters. The molecule has 0 aliphatic carbocycles. The Labute approximate surface area is 184 Å². The Morgan fingerprint density at radius 2 is 1.70 bits per heavy atom. The highest BCUT2D eigenvalue weighted by Crippen LogP contribution is 2.49.